The molecule has 0 aliphatic carbocycles. The number of amides is 1. The monoisotopic (exact) mass is 439 g/mol. The molecule has 7 nitrogen and oxygen atoms in total. The van der Waals surface area contributed by atoms with Crippen LogP contribution in [0.2, 0.25) is 0 Å². The fraction of sp³-hybridized carbons (Fsp3) is 0.480. The third-order valence-corrected chi connectivity index (χ3v) is 6.43. The first-order valence-corrected chi connectivity index (χ1v) is 11.3. The van der Waals surface area contributed by atoms with Gasteiger partial charge in [-0.05, 0) is 36.8 Å². The van der Waals surface area contributed by atoms with Crippen molar-refractivity contribution in [1.82, 2.24) is 10.2 Å². The van der Waals surface area contributed by atoms with Gasteiger partial charge in [0, 0.05) is 57.3 Å². The molecule has 0 radical (unpaired) electrons. The Morgan fingerprint density at radius 2 is 1.84 bits per heavy atom. The quantitative estimate of drug-likeness (QED) is 0.657. The number of hydrogen-bond donors (Lipinski definition) is 2. The summed E-state index contributed by atoms with van der Waals surface area (Å²) in [6.07, 6.45) is -0.533. The standard InChI is InChI=1S/C25H33N3O4/c1-18(22(29)17-27-10-12-28(13-11-27)21-6-4-3-5-7-21)32-24-14-19(8-9-23(24)31-2)20-15-25(30)26-16-20/h3-9,14,18,20,22,29H,10-13,15-17H2,1-2H3,(H,26,30). The molecule has 0 spiro atoms. The Bertz CT molecular complexity index is 899. The van der Waals surface area contributed by atoms with E-state index in [1.54, 1.807) is 7.11 Å². The van der Waals surface area contributed by atoms with Crippen molar-refractivity contribution in [2.45, 2.75) is 31.5 Å². The van der Waals surface area contributed by atoms with E-state index in [0.717, 1.165) is 31.7 Å². The van der Waals surface area contributed by atoms with Crippen molar-refractivity contribution in [2.24, 2.45) is 0 Å². The number of methoxy groups -OCH3 is 1. The van der Waals surface area contributed by atoms with Gasteiger partial charge >= 0.3 is 0 Å². The summed E-state index contributed by atoms with van der Waals surface area (Å²) in [6, 6.07) is 16.2. The minimum Gasteiger partial charge on any atom is -0.493 e. The molecule has 32 heavy (non-hydrogen) atoms. The summed E-state index contributed by atoms with van der Waals surface area (Å²) in [5.74, 6) is 1.44. The molecule has 3 unspecified atom stereocenters. The molecule has 4 rings (SSSR count). The largest absolute Gasteiger partial charge is 0.493 e. The Kier molecular flexibility index (Phi) is 7.17. The van der Waals surface area contributed by atoms with Crippen molar-refractivity contribution in [3.05, 3.63) is 54.1 Å². The predicted octanol–water partition coefficient (Wildman–Crippen LogP) is 2.25. The van der Waals surface area contributed by atoms with E-state index in [1.807, 2.05) is 31.2 Å². The molecule has 2 fully saturated rings. The van der Waals surface area contributed by atoms with Gasteiger partial charge in [0.1, 0.15) is 12.2 Å². The van der Waals surface area contributed by atoms with Crippen LogP contribution in [0.3, 0.4) is 0 Å². The molecule has 0 bridgehead atoms. The van der Waals surface area contributed by atoms with E-state index in [9.17, 15) is 9.90 Å². The lowest BCUT2D eigenvalue weighted by Gasteiger charge is -2.37. The van der Waals surface area contributed by atoms with Crippen LogP contribution in [0.25, 0.3) is 0 Å². The second-order valence-electron chi connectivity index (χ2n) is 8.63. The number of carbonyl (C=O) groups excluding carboxylic acids is 1. The molecule has 172 valence electrons. The second-order valence-corrected chi connectivity index (χ2v) is 8.63. The summed E-state index contributed by atoms with van der Waals surface area (Å²) in [5.41, 5.74) is 2.29. The maximum absolute atomic E-state index is 11.6. The predicted molar refractivity (Wildman–Crippen MR) is 125 cm³/mol. The lowest BCUT2D eigenvalue weighted by molar-refractivity contribution is -0.119. The van der Waals surface area contributed by atoms with Crippen LogP contribution in [0.5, 0.6) is 11.5 Å². The van der Waals surface area contributed by atoms with Crippen LogP contribution >= 0.6 is 0 Å². The van der Waals surface area contributed by atoms with Crippen LogP contribution in [0.4, 0.5) is 5.69 Å². The normalized spacial score (nSPS) is 21.2. The van der Waals surface area contributed by atoms with Crippen LogP contribution < -0.4 is 19.7 Å². The summed E-state index contributed by atoms with van der Waals surface area (Å²) >= 11 is 0. The van der Waals surface area contributed by atoms with Crippen molar-refractivity contribution in [2.75, 3.05) is 51.3 Å². The lowest BCUT2D eigenvalue weighted by atomic mass is 9.98. The molecular weight excluding hydrogens is 406 g/mol. The zero-order valence-electron chi connectivity index (χ0n) is 18.9. The molecule has 2 N–H and O–H groups in total. The van der Waals surface area contributed by atoms with Crippen molar-refractivity contribution < 1.29 is 19.4 Å². The van der Waals surface area contributed by atoms with E-state index < -0.39 is 12.2 Å². The van der Waals surface area contributed by atoms with Gasteiger partial charge in [-0.1, -0.05) is 24.3 Å². The molecule has 3 atom stereocenters. The second kappa shape index (κ2) is 10.2. The molecule has 2 aliphatic heterocycles. The van der Waals surface area contributed by atoms with Crippen molar-refractivity contribution in [1.29, 1.82) is 0 Å². The number of carbonyl (C=O) groups is 1. The number of nitrogens with one attached hydrogen (secondary N) is 1. The number of para-hydroxylation sites is 1. The fourth-order valence-electron chi connectivity index (χ4n) is 4.40. The summed E-state index contributed by atoms with van der Waals surface area (Å²) in [6.45, 7) is 6.77. The van der Waals surface area contributed by atoms with Gasteiger partial charge in [-0.3, -0.25) is 9.69 Å². The maximum atomic E-state index is 11.6. The minimum absolute atomic E-state index is 0.0736. The average molecular weight is 440 g/mol. The Hall–Kier alpha value is -2.77. The van der Waals surface area contributed by atoms with E-state index >= 15 is 0 Å². The zero-order valence-corrected chi connectivity index (χ0v) is 18.9. The molecule has 1 amide bonds. The first kappa shape index (κ1) is 22.4. The van der Waals surface area contributed by atoms with Gasteiger partial charge in [-0.2, -0.15) is 0 Å². The van der Waals surface area contributed by atoms with E-state index in [2.05, 4.69) is 39.4 Å². The molecule has 2 heterocycles. The van der Waals surface area contributed by atoms with Crippen LogP contribution in [-0.4, -0.2) is 74.5 Å². The number of rotatable bonds is 8. The number of β-amino-alcohol motifs (C(OH)–C–C–N with tert-alkyl or cyclic N) is 1. The third-order valence-electron chi connectivity index (χ3n) is 6.43. The Morgan fingerprint density at radius 1 is 1.09 bits per heavy atom. The molecule has 0 aromatic heterocycles. The zero-order chi connectivity index (χ0) is 22.5. The van der Waals surface area contributed by atoms with Crippen LogP contribution in [0.15, 0.2) is 48.5 Å². The Labute approximate surface area is 189 Å². The SMILES string of the molecule is COc1ccc(C2CNC(=O)C2)cc1OC(C)C(O)CN1CCN(c2ccccc2)CC1. The van der Waals surface area contributed by atoms with Gasteiger partial charge in [-0.25, -0.2) is 0 Å². The highest BCUT2D eigenvalue weighted by atomic mass is 16.5. The van der Waals surface area contributed by atoms with Gasteiger partial charge in [-0.15, -0.1) is 0 Å². The first-order valence-electron chi connectivity index (χ1n) is 11.3. The van der Waals surface area contributed by atoms with Gasteiger partial charge in [0.25, 0.3) is 0 Å². The number of hydrogen-bond acceptors (Lipinski definition) is 6. The topological polar surface area (TPSA) is 74.3 Å². The highest BCUT2D eigenvalue weighted by Gasteiger charge is 2.26. The van der Waals surface area contributed by atoms with Crippen LogP contribution in [-0.2, 0) is 4.79 Å². The van der Waals surface area contributed by atoms with Gasteiger partial charge in [0.05, 0.1) is 7.11 Å². The summed E-state index contributed by atoms with van der Waals surface area (Å²) in [7, 11) is 1.61. The van der Waals surface area contributed by atoms with E-state index in [0.29, 0.717) is 31.0 Å². The molecule has 2 saturated heterocycles. The third kappa shape index (κ3) is 5.34. The Balaban J connectivity index is 1.32. The van der Waals surface area contributed by atoms with Crippen molar-refractivity contribution in [3.8, 4) is 11.5 Å². The van der Waals surface area contributed by atoms with Gasteiger partial charge in [0.15, 0.2) is 11.5 Å². The number of aliphatic hydroxyl groups is 1. The van der Waals surface area contributed by atoms with E-state index in [-0.39, 0.29) is 11.8 Å². The van der Waals surface area contributed by atoms with Crippen molar-refractivity contribution >= 4 is 11.6 Å². The van der Waals surface area contributed by atoms with E-state index in [1.165, 1.54) is 5.69 Å². The minimum atomic E-state index is -0.624. The van der Waals surface area contributed by atoms with Gasteiger partial charge < -0.3 is 24.8 Å². The van der Waals surface area contributed by atoms with Crippen molar-refractivity contribution in [3.63, 3.8) is 0 Å². The maximum Gasteiger partial charge on any atom is 0.220 e. The number of aliphatic hydroxyl groups excluding tert-OH is 1. The summed E-state index contributed by atoms with van der Waals surface area (Å²) in [5, 5.41) is 13.7. The number of anilines is 1. The molecular formula is C25H33N3O4. The molecule has 7 heteroatoms. The number of piperazine rings is 1. The Morgan fingerprint density at radius 3 is 2.50 bits per heavy atom. The molecule has 2 aromatic carbocycles. The molecule has 2 aromatic rings. The fourth-order valence-corrected chi connectivity index (χ4v) is 4.40. The molecule has 2 aliphatic rings. The number of nitrogens with zero attached hydrogens (tertiary/aromatic N) is 2. The summed E-state index contributed by atoms with van der Waals surface area (Å²) < 4.78 is 11.6. The first-order chi connectivity index (χ1) is 15.5. The number of benzene rings is 2. The molecule has 0 saturated carbocycles. The highest BCUT2D eigenvalue weighted by molar-refractivity contribution is 5.79. The van der Waals surface area contributed by atoms with Crippen LogP contribution in [0.1, 0.15) is 24.8 Å². The van der Waals surface area contributed by atoms with Gasteiger partial charge in [0.2, 0.25) is 5.91 Å². The summed E-state index contributed by atoms with van der Waals surface area (Å²) in [4.78, 5) is 16.2. The van der Waals surface area contributed by atoms with E-state index in [4.69, 9.17) is 9.47 Å². The lowest BCUT2D eigenvalue weighted by Crippen LogP contribution is -2.50. The average Bonchev–Trinajstić information content (AvgIpc) is 3.26. The van der Waals surface area contributed by atoms with Crippen LogP contribution in [0, 0.1) is 0 Å². The smallest absolute Gasteiger partial charge is 0.220 e. The number of ether oxygens (including phenoxy) is 2. The highest BCUT2D eigenvalue weighted by Crippen LogP contribution is 2.34.